The zero-order chi connectivity index (χ0) is 10.7. The molecular weight excluding hydrogens is 207 g/mol. The molecule has 0 aliphatic rings. The van der Waals surface area contributed by atoms with Crippen LogP contribution in [0.4, 0.5) is 4.39 Å². The molecule has 0 spiro atoms. The quantitative estimate of drug-likeness (QED) is 0.769. The van der Waals surface area contributed by atoms with Crippen molar-refractivity contribution in [3.05, 3.63) is 40.2 Å². The van der Waals surface area contributed by atoms with Crippen LogP contribution >= 0.6 is 11.6 Å². The Kier molecular flexibility index (Phi) is 3.25. The van der Waals surface area contributed by atoms with Crippen molar-refractivity contribution in [1.82, 2.24) is 0 Å². The zero-order valence-corrected chi connectivity index (χ0v) is 8.18. The zero-order valence-electron chi connectivity index (χ0n) is 7.42. The highest BCUT2D eigenvalue weighted by Gasteiger charge is 2.03. The van der Waals surface area contributed by atoms with E-state index in [0.717, 1.165) is 6.08 Å². The Balaban J connectivity index is 3.10. The Hall–Kier alpha value is -1.35. The first-order chi connectivity index (χ1) is 6.50. The molecule has 0 saturated carbocycles. The van der Waals surface area contributed by atoms with E-state index in [0.29, 0.717) is 11.1 Å². The van der Waals surface area contributed by atoms with E-state index in [2.05, 4.69) is 0 Å². The predicted molar refractivity (Wildman–Crippen MR) is 52.8 cm³/mol. The number of carboxylic acids is 1. The average molecular weight is 215 g/mol. The first-order valence-corrected chi connectivity index (χ1v) is 4.25. The van der Waals surface area contributed by atoms with Gasteiger partial charge in [-0.05, 0) is 36.3 Å². The maximum atomic E-state index is 12.9. The Bertz CT molecular complexity index is 399. The molecule has 0 aliphatic heterocycles. The molecule has 1 N–H and O–H groups in total. The molecule has 0 radical (unpaired) electrons. The molecule has 2 nitrogen and oxygen atoms in total. The van der Waals surface area contributed by atoms with Crippen LogP contribution in [0.1, 0.15) is 11.1 Å². The largest absolute Gasteiger partial charge is 0.478 e. The summed E-state index contributed by atoms with van der Waals surface area (Å²) in [6, 6.07) is 2.66. The van der Waals surface area contributed by atoms with Crippen LogP contribution in [-0.2, 0) is 4.79 Å². The van der Waals surface area contributed by atoms with Gasteiger partial charge in [-0.15, -0.1) is 0 Å². The Morgan fingerprint density at radius 3 is 2.79 bits per heavy atom. The molecule has 0 amide bonds. The van der Waals surface area contributed by atoms with Crippen molar-refractivity contribution in [1.29, 1.82) is 0 Å². The summed E-state index contributed by atoms with van der Waals surface area (Å²) in [7, 11) is 0. The van der Waals surface area contributed by atoms with Crippen LogP contribution in [0.5, 0.6) is 0 Å². The van der Waals surface area contributed by atoms with Crippen molar-refractivity contribution in [2.75, 3.05) is 0 Å². The molecule has 0 fully saturated rings. The van der Waals surface area contributed by atoms with Gasteiger partial charge < -0.3 is 5.11 Å². The highest BCUT2D eigenvalue weighted by atomic mass is 35.5. The molecule has 0 heterocycles. The third-order valence-electron chi connectivity index (χ3n) is 1.68. The SMILES string of the molecule is Cc1cc(C=CC(=O)O)c(Cl)cc1F. The van der Waals surface area contributed by atoms with E-state index in [-0.39, 0.29) is 5.02 Å². The van der Waals surface area contributed by atoms with Crippen molar-refractivity contribution in [3.63, 3.8) is 0 Å². The van der Waals surface area contributed by atoms with Crippen LogP contribution in [0.3, 0.4) is 0 Å². The molecule has 0 aliphatic carbocycles. The molecule has 1 aromatic carbocycles. The van der Waals surface area contributed by atoms with Crippen LogP contribution in [0, 0.1) is 12.7 Å². The van der Waals surface area contributed by atoms with Gasteiger partial charge in [0.05, 0.1) is 5.02 Å². The Morgan fingerprint density at radius 2 is 2.21 bits per heavy atom. The third kappa shape index (κ3) is 2.57. The van der Waals surface area contributed by atoms with Gasteiger partial charge in [0.2, 0.25) is 0 Å². The lowest BCUT2D eigenvalue weighted by Crippen LogP contribution is -1.88. The second kappa shape index (κ2) is 4.24. The molecule has 0 saturated heterocycles. The van der Waals surface area contributed by atoms with E-state index >= 15 is 0 Å². The summed E-state index contributed by atoms with van der Waals surface area (Å²) in [5.74, 6) is -1.47. The van der Waals surface area contributed by atoms with E-state index in [1.165, 1.54) is 18.2 Å². The van der Waals surface area contributed by atoms with E-state index in [1.807, 2.05) is 0 Å². The van der Waals surface area contributed by atoms with Gasteiger partial charge in [0.1, 0.15) is 5.82 Å². The summed E-state index contributed by atoms with van der Waals surface area (Å²) in [4.78, 5) is 10.2. The molecule has 1 rings (SSSR count). The summed E-state index contributed by atoms with van der Waals surface area (Å²) in [5.41, 5.74) is 0.924. The summed E-state index contributed by atoms with van der Waals surface area (Å²) in [5, 5.41) is 8.59. The van der Waals surface area contributed by atoms with Gasteiger partial charge in [0.25, 0.3) is 0 Å². The number of rotatable bonds is 2. The molecule has 74 valence electrons. The monoisotopic (exact) mass is 214 g/mol. The normalized spacial score (nSPS) is 10.8. The molecule has 0 aromatic heterocycles. The topological polar surface area (TPSA) is 37.3 Å². The number of carboxylic acid groups (broad SMARTS) is 1. The molecule has 0 unspecified atom stereocenters. The van der Waals surface area contributed by atoms with Crippen molar-refractivity contribution in [3.8, 4) is 0 Å². The van der Waals surface area contributed by atoms with Gasteiger partial charge in [-0.2, -0.15) is 0 Å². The second-order valence-corrected chi connectivity index (χ2v) is 3.20. The molecule has 4 heteroatoms. The van der Waals surface area contributed by atoms with E-state index in [4.69, 9.17) is 16.7 Å². The predicted octanol–water partition coefficient (Wildman–Crippen LogP) is 2.89. The van der Waals surface area contributed by atoms with Gasteiger partial charge in [-0.1, -0.05) is 11.6 Å². The minimum absolute atomic E-state index is 0.200. The third-order valence-corrected chi connectivity index (χ3v) is 2.01. The smallest absolute Gasteiger partial charge is 0.328 e. The van der Waals surface area contributed by atoms with Gasteiger partial charge in [-0.25, -0.2) is 9.18 Å². The van der Waals surface area contributed by atoms with E-state index < -0.39 is 11.8 Å². The number of halogens is 2. The molecule has 1 aromatic rings. The minimum atomic E-state index is -1.07. The van der Waals surface area contributed by atoms with Crippen LogP contribution < -0.4 is 0 Å². The number of hydrogen-bond acceptors (Lipinski definition) is 1. The first-order valence-electron chi connectivity index (χ1n) is 3.87. The lowest BCUT2D eigenvalue weighted by atomic mass is 10.1. The number of aryl methyl sites for hydroxylation is 1. The van der Waals surface area contributed by atoms with Crippen LogP contribution in [0.2, 0.25) is 5.02 Å². The van der Waals surface area contributed by atoms with Gasteiger partial charge in [0, 0.05) is 6.08 Å². The number of aliphatic carboxylic acids is 1. The van der Waals surface area contributed by atoms with Crippen LogP contribution in [0.25, 0.3) is 6.08 Å². The van der Waals surface area contributed by atoms with Gasteiger partial charge in [-0.3, -0.25) is 0 Å². The van der Waals surface area contributed by atoms with Crippen LogP contribution in [-0.4, -0.2) is 11.1 Å². The fraction of sp³-hybridized carbons (Fsp3) is 0.100. The van der Waals surface area contributed by atoms with Crippen molar-refractivity contribution < 1.29 is 14.3 Å². The van der Waals surface area contributed by atoms with Gasteiger partial charge in [0.15, 0.2) is 0 Å². The fourth-order valence-electron chi connectivity index (χ4n) is 0.968. The maximum absolute atomic E-state index is 12.9. The van der Waals surface area contributed by atoms with Gasteiger partial charge >= 0.3 is 5.97 Å². The van der Waals surface area contributed by atoms with E-state index in [1.54, 1.807) is 6.92 Å². The van der Waals surface area contributed by atoms with Crippen molar-refractivity contribution in [2.45, 2.75) is 6.92 Å². The highest BCUT2D eigenvalue weighted by Crippen LogP contribution is 2.21. The van der Waals surface area contributed by atoms with E-state index in [9.17, 15) is 9.18 Å². The summed E-state index contributed by atoms with van der Waals surface area (Å²) in [6.07, 6.45) is 2.29. The molecule has 0 bridgehead atoms. The summed E-state index contributed by atoms with van der Waals surface area (Å²) in [6.45, 7) is 1.59. The minimum Gasteiger partial charge on any atom is -0.478 e. The number of carbonyl (C=O) groups is 1. The highest BCUT2D eigenvalue weighted by molar-refractivity contribution is 6.32. The Morgan fingerprint density at radius 1 is 1.57 bits per heavy atom. The molecular formula is C10H8ClFO2. The fourth-order valence-corrected chi connectivity index (χ4v) is 1.18. The summed E-state index contributed by atoms with van der Waals surface area (Å²) < 4.78 is 12.9. The van der Waals surface area contributed by atoms with Crippen LogP contribution in [0.15, 0.2) is 18.2 Å². The number of hydrogen-bond donors (Lipinski definition) is 1. The lowest BCUT2D eigenvalue weighted by molar-refractivity contribution is -0.131. The second-order valence-electron chi connectivity index (χ2n) is 2.79. The van der Waals surface area contributed by atoms with Crippen molar-refractivity contribution >= 4 is 23.6 Å². The molecule has 14 heavy (non-hydrogen) atoms. The number of benzene rings is 1. The standard InChI is InChI=1S/C10H8ClFO2/c1-6-4-7(2-3-10(13)14)8(11)5-9(6)12/h2-5H,1H3,(H,13,14). The van der Waals surface area contributed by atoms with Crippen molar-refractivity contribution in [2.24, 2.45) is 0 Å². The first kappa shape index (κ1) is 10.7. The summed E-state index contributed by atoms with van der Waals surface area (Å²) >= 11 is 5.70. The maximum Gasteiger partial charge on any atom is 0.328 e. The average Bonchev–Trinajstić information content (AvgIpc) is 2.09. The Labute approximate surface area is 85.6 Å². The molecule has 0 atom stereocenters. The lowest BCUT2D eigenvalue weighted by Gasteiger charge is -2.01.